The second kappa shape index (κ2) is 20.2. The molecule has 0 amide bonds. The highest BCUT2D eigenvalue weighted by molar-refractivity contribution is 5.55. The van der Waals surface area contributed by atoms with Crippen molar-refractivity contribution in [3.05, 3.63) is 117 Å². The molecule has 4 aromatic rings. The van der Waals surface area contributed by atoms with Crippen LogP contribution in [0.15, 0.2) is 72.8 Å². The summed E-state index contributed by atoms with van der Waals surface area (Å²) in [6, 6.07) is 25.3. The SMILES string of the molecule is COCOc1c2cccc1Cc1cccc3c1OCCOCCOCCOCCOCCOc1c(cccc1Cc1cccc(c1OCOC)C3)C2. The van der Waals surface area contributed by atoms with Crippen molar-refractivity contribution in [2.45, 2.75) is 25.7 Å². The second-order valence-electron chi connectivity index (χ2n) is 12.6. The number of fused-ring (bicyclic) bond motifs is 2. The molecule has 6 rings (SSSR count). The van der Waals surface area contributed by atoms with Crippen molar-refractivity contribution in [3.8, 4) is 23.0 Å². The van der Waals surface area contributed by atoms with Crippen LogP contribution in [-0.2, 0) is 54.1 Å². The Bertz CT molecular complexity index is 1500. The lowest BCUT2D eigenvalue weighted by Crippen LogP contribution is -2.15. The lowest BCUT2D eigenvalue weighted by Gasteiger charge is -2.22. The summed E-state index contributed by atoms with van der Waals surface area (Å²) in [4.78, 5) is 0. The first kappa shape index (κ1) is 37.6. The van der Waals surface area contributed by atoms with E-state index in [0.29, 0.717) is 91.8 Å². The third kappa shape index (κ3) is 10.2. The van der Waals surface area contributed by atoms with Crippen molar-refractivity contribution in [2.24, 2.45) is 0 Å². The zero-order valence-electron chi connectivity index (χ0n) is 30.3. The Balaban J connectivity index is 1.48. The van der Waals surface area contributed by atoms with E-state index in [2.05, 4.69) is 72.8 Å². The van der Waals surface area contributed by atoms with Crippen LogP contribution < -0.4 is 18.9 Å². The molecular weight excluding hydrogens is 664 g/mol. The second-order valence-corrected chi connectivity index (χ2v) is 12.6. The summed E-state index contributed by atoms with van der Waals surface area (Å²) in [7, 11) is 3.27. The van der Waals surface area contributed by atoms with Crippen molar-refractivity contribution >= 4 is 0 Å². The Labute approximate surface area is 306 Å². The van der Waals surface area contributed by atoms with Crippen molar-refractivity contribution in [1.82, 2.24) is 0 Å². The van der Waals surface area contributed by atoms with Gasteiger partial charge in [-0.25, -0.2) is 0 Å². The molecule has 10 heteroatoms. The summed E-state index contributed by atoms with van der Waals surface area (Å²) in [5, 5.41) is 0. The molecule has 10 bridgehead atoms. The van der Waals surface area contributed by atoms with Gasteiger partial charge in [0.05, 0.1) is 52.9 Å². The molecule has 0 radical (unpaired) electrons. The van der Waals surface area contributed by atoms with Crippen LogP contribution in [-0.4, -0.2) is 93.9 Å². The van der Waals surface area contributed by atoms with Gasteiger partial charge in [0.1, 0.15) is 36.2 Å². The van der Waals surface area contributed by atoms with E-state index in [-0.39, 0.29) is 13.6 Å². The lowest BCUT2D eigenvalue weighted by atomic mass is 9.91. The third-order valence-electron chi connectivity index (χ3n) is 8.94. The largest absolute Gasteiger partial charge is 0.491 e. The quantitative estimate of drug-likeness (QED) is 0.190. The van der Waals surface area contributed by atoms with Gasteiger partial charge in [-0.05, 0) is 44.5 Å². The summed E-state index contributed by atoms with van der Waals surface area (Å²) in [5.41, 5.74) is 8.29. The highest BCUT2D eigenvalue weighted by Crippen LogP contribution is 2.38. The average molecular weight is 715 g/mol. The molecule has 1 aliphatic carbocycles. The van der Waals surface area contributed by atoms with Crippen LogP contribution in [0.5, 0.6) is 23.0 Å². The molecule has 1 heterocycles. The van der Waals surface area contributed by atoms with E-state index in [0.717, 1.165) is 67.5 Å². The van der Waals surface area contributed by atoms with Gasteiger partial charge in [-0.3, -0.25) is 0 Å². The minimum absolute atomic E-state index is 0.123. The van der Waals surface area contributed by atoms with Crippen LogP contribution >= 0.6 is 0 Å². The lowest BCUT2D eigenvalue weighted by molar-refractivity contribution is -0.00706. The molecule has 0 N–H and O–H groups in total. The van der Waals surface area contributed by atoms with E-state index in [1.807, 2.05) is 0 Å². The summed E-state index contributed by atoms with van der Waals surface area (Å²) in [6.07, 6.45) is 2.34. The molecule has 52 heavy (non-hydrogen) atoms. The molecule has 10 nitrogen and oxygen atoms in total. The number of benzene rings is 4. The predicted molar refractivity (Wildman–Crippen MR) is 196 cm³/mol. The molecule has 0 spiro atoms. The zero-order valence-corrected chi connectivity index (χ0v) is 30.3. The normalized spacial score (nSPS) is 16.3. The van der Waals surface area contributed by atoms with Crippen LogP contribution in [0.25, 0.3) is 0 Å². The molecule has 278 valence electrons. The molecule has 1 aliphatic heterocycles. The fraction of sp³-hybridized carbons (Fsp3) is 0.429. The van der Waals surface area contributed by atoms with Gasteiger partial charge >= 0.3 is 0 Å². The maximum atomic E-state index is 6.61. The van der Waals surface area contributed by atoms with Crippen LogP contribution in [0.4, 0.5) is 0 Å². The van der Waals surface area contributed by atoms with Crippen LogP contribution in [0.1, 0.15) is 44.5 Å². The number of hydrogen-bond acceptors (Lipinski definition) is 10. The third-order valence-corrected chi connectivity index (χ3v) is 8.94. The van der Waals surface area contributed by atoms with Gasteiger partial charge in [0, 0.05) is 39.9 Å². The fourth-order valence-corrected chi connectivity index (χ4v) is 6.63. The predicted octanol–water partition coefficient (Wildman–Crippen LogP) is 6.17. The van der Waals surface area contributed by atoms with E-state index < -0.39 is 0 Å². The Morgan fingerprint density at radius 2 is 0.654 bits per heavy atom. The van der Waals surface area contributed by atoms with Crippen molar-refractivity contribution in [2.75, 3.05) is 93.9 Å². The molecule has 0 aromatic heterocycles. The first-order valence-electron chi connectivity index (χ1n) is 18.0. The van der Waals surface area contributed by atoms with Crippen molar-refractivity contribution in [3.63, 3.8) is 0 Å². The minimum atomic E-state index is 0.123. The van der Waals surface area contributed by atoms with E-state index in [1.165, 1.54) is 0 Å². The Morgan fingerprint density at radius 1 is 0.385 bits per heavy atom. The number of rotatable bonds is 6. The molecule has 0 unspecified atom stereocenters. The van der Waals surface area contributed by atoms with Gasteiger partial charge in [-0.1, -0.05) is 72.8 Å². The average Bonchev–Trinajstić information content (AvgIpc) is 3.15. The van der Waals surface area contributed by atoms with Crippen molar-refractivity contribution in [1.29, 1.82) is 0 Å². The first-order valence-corrected chi connectivity index (χ1v) is 18.0. The van der Waals surface area contributed by atoms with E-state index in [1.54, 1.807) is 14.2 Å². The van der Waals surface area contributed by atoms with Gasteiger partial charge in [-0.2, -0.15) is 0 Å². The van der Waals surface area contributed by atoms with Crippen LogP contribution in [0.3, 0.4) is 0 Å². The molecule has 2 aliphatic rings. The molecule has 0 saturated carbocycles. The topological polar surface area (TPSA) is 92.3 Å². The smallest absolute Gasteiger partial charge is 0.188 e. The molecule has 0 saturated heterocycles. The van der Waals surface area contributed by atoms with Gasteiger partial charge in [0.2, 0.25) is 0 Å². The Kier molecular flexibility index (Phi) is 14.6. The maximum Gasteiger partial charge on any atom is 0.188 e. The van der Waals surface area contributed by atoms with Gasteiger partial charge in [0.25, 0.3) is 0 Å². The van der Waals surface area contributed by atoms with Gasteiger partial charge in [0.15, 0.2) is 13.6 Å². The van der Waals surface area contributed by atoms with E-state index in [9.17, 15) is 0 Å². The minimum Gasteiger partial charge on any atom is -0.491 e. The van der Waals surface area contributed by atoms with Crippen LogP contribution in [0, 0.1) is 0 Å². The Hall–Kier alpha value is -4.16. The Morgan fingerprint density at radius 3 is 0.942 bits per heavy atom. The number of ether oxygens (including phenoxy) is 10. The van der Waals surface area contributed by atoms with Crippen LogP contribution in [0.2, 0.25) is 0 Å². The molecular formula is C42H50O10. The fourth-order valence-electron chi connectivity index (χ4n) is 6.63. The zero-order chi connectivity index (χ0) is 35.8. The van der Waals surface area contributed by atoms with Crippen molar-refractivity contribution < 1.29 is 47.4 Å². The molecule has 0 atom stereocenters. The number of para-hydroxylation sites is 4. The molecule has 4 aromatic carbocycles. The summed E-state index contributed by atoms with van der Waals surface area (Å²) >= 11 is 0. The standard InChI is InChI=1S/C42H50O10/c1-43-29-51-41-35-11-5-12-36(41)26-32-8-4-10-34-28-38-14-6-13-37(42(38)52-30-44-2)27-33-9-3-7-31(25-35)39(33)49-23-21-47-19-17-45-15-16-46-18-20-48-22-24-50-40(32)34/h3-14H,15-30H2,1-2H3. The highest BCUT2D eigenvalue weighted by atomic mass is 16.7. The first-order chi connectivity index (χ1) is 25.7. The van der Waals surface area contributed by atoms with E-state index in [4.69, 9.17) is 47.4 Å². The summed E-state index contributed by atoms with van der Waals surface area (Å²) in [6.45, 7) is 4.71. The summed E-state index contributed by atoms with van der Waals surface area (Å²) in [5.74, 6) is 3.24. The maximum absolute atomic E-state index is 6.61. The number of methoxy groups -OCH3 is 2. The van der Waals surface area contributed by atoms with E-state index >= 15 is 0 Å². The van der Waals surface area contributed by atoms with Gasteiger partial charge in [-0.15, -0.1) is 0 Å². The molecule has 0 fully saturated rings. The van der Waals surface area contributed by atoms with Gasteiger partial charge < -0.3 is 47.4 Å². The monoisotopic (exact) mass is 714 g/mol. The highest BCUT2D eigenvalue weighted by Gasteiger charge is 2.22. The summed E-state index contributed by atoms with van der Waals surface area (Å²) < 4.78 is 59.9. The number of hydrogen-bond donors (Lipinski definition) is 0.